The molecule has 112 valence electrons. The van der Waals surface area contributed by atoms with Gasteiger partial charge in [0.2, 0.25) is 0 Å². The molecule has 22 heavy (non-hydrogen) atoms. The highest BCUT2D eigenvalue weighted by Crippen LogP contribution is 2.26. The maximum atomic E-state index is 10.9. The summed E-state index contributed by atoms with van der Waals surface area (Å²) in [6.07, 6.45) is 6.74. The molecule has 0 aromatic carbocycles. The Morgan fingerprint density at radius 3 is 2.86 bits per heavy atom. The zero-order valence-electron chi connectivity index (χ0n) is 12.3. The number of aryl methyl sites for hydroxylation is 1. The summed E-state index contributed by atoms with van der Waals surface area (Å²) < 4.78 is 0. The fourth-order valence-corrected chi connectivity index (χ4v) is 2.61. The number of hydrogen-bond donors (Lipinski definition) is 0. The number of rotatable bonds is 3. The Balaban J connectivity index is 1.84. The van der Waals surface area contributed by atoms with Crippen molar-refractivity contribution in [2.24, 2.45) is 0 Å². The van der Waals surface area contributed by atoms with Gasteiger partial charge in [0, 0.05) is 31.5 Å². The van der Waals surface area contributed by atoms with Crippen LogP contribution in [0.5, 0.6) is 0 Å². The summed E-state index contributed by atoms with van der Waals surface area (Å²) in [6.45, 7) is 3.26. The van der Waals surface area contributed by atoms with Crippen LogP contribution >= 0.6 is 0 Å². The Morgan fingerprint density at radius 2 is 2.18 bits per heavy atom. The monoisotopic (exact) mass is 296 g/mol. The van der Waals surface area contributed by atoms with E-state index in [0.29, 0.717) is 5.69 Å². The standard InChI is InChI=1S/C16H16N4O2/c1-12-15(20(21)22)6-7-16(18-12)19-9-3-5-14(11-19)13-4-2-8-17-10-13/h2,4-8,10H,3,9,11H2,1H3. The normalized spacial score (nSPS) is 14.6. The van der Waals surface area contributed by atoms with E-state index in [0.717, 1.165) is 30.9 Å². The molecule has 0 atom stereocenters. The van der Waals surface area contributed by atoms with Crippen molar-refractivity contribution < 1.29 is 4.92 Å². The summed E-state index contributed by atoms with van der Waals surface area (Å²) in [7, 11) is 0. The summed E-state index contributed by atoms with van der Waals surface area (Å²) in [5.41, 5.74) is 2.81. The van der Waals surface area contributed by atoms with E-state index in [9.17, 15) is 10.1 Å². The number of aromatic nitrogens is 2. The van der Waals surface area contributed by atoms with E-state index in [2.05, 4.69) is 20.9 Å². The van der Waals surface area contributed by atoms with Crippen molar-refractivity contribution in [2.75, 3.05) is 18.0 Å². The molecule has 3 rings (SSSR count). The second-order valence-corrected chi connectivity index (χ2v) is 5.21. The number of nitro groups is 1. The molecule has 2 aromatic heterocycles. The molecule has 0 radical (unpaired) electrons. The minimum Gasteiger partial charge on any atom is -0.352 e. The molecule has 6 nitrogen and oxygen atoms in total. The van der Waals surface area contributed by atoms with Crippen molar-refractivity contribution >= 4 is 17.1 Å². The van der Waals surface area contributed by atoms with E-state index in [1.54, 1.807) is 19.2 Å². The smallest absolute Gasteiger partial charge is 0.290 e. The van der Waals surface area contributed by atoms with Crippen LogP contribution in [0.25, 0.3) is 5.57 Å². The zero-order valence-corrected chi connectivity index (χ0v) is 12.3. The molecule has 0 saturated heterocycles. The largest absolute Gasteiger partial charge is 0.352 e. The quantitative estimate of drug-likeness (QED) is 0.643. The van der Waals surface area contributed by atoms with Crippen molar-refractivity contribution in [2.45, 2.75) is 13.3 Å². The zero-order chi connectivity index (χ0) is 15.5. The summed E-state index contributed by atoms with van der Waals surface area (Å²) in [4.78, 5) is 21.2. The Morgan fingerprint density at radius 1 is 1.32 bits per heavy atom. The van der Waals surface area contributed by atoms with Crippen molar-refractivity contribution in [3.63, 3.8) is 0 Å². The first-order chi connectivity index (χ1) is 10.6. The predicted molar refractivity (Wildman–Crippen MR) is 84.7 cm³/mol. The van der Waals surface area contributed by atoms with Crippen LogP contribution in [0.4, 0.5) is 11.5 Å². The van der Waals surface area contributed by atoms with Crippen LogP contribution in [-0.2, 0) is 0 Å². The van der Waals surface area contributed by atoms with Gasteiger partial charge in [0.15, 0.2) is 0 Å². The SMILES string of the molecule is Cc1nc(N2CCC=C(c3cccnc3)C2)ccc1[N+](=O)[O-]. The molecular formula is C16H16N4O2. The first kappa shape index (κ1) is 14.2. The Bertz CT molecular complexity index is 728. The number of nitrogens with zero attached hydrogens (tertiary/aromatic N) is 4. The minimum absolute atomic E-state index is 0.0591. The van der Waals surface area contributed by atoms with Gasteiger partial charge >= 0.3 is 0 Å². The first-order valence-corrected chi connectivity index (χ1v) is 7.11. The maximum Gasteiger partial charge on any atom is 0.290 e. The van der Waals surface area contributed by atoms with Gasteiger partial charge in [-0.1, -0.05) is 12.1 Å². The number of anilines is 1. The fraction of sp³-hybridized carbons (Fsp3) is 0.250. The van der Waals surface area contributed by atoms with Crippen LogP contribution in [0.2, 0.25) is 0 Å². The summed E-state index contributed by atoms with van der Waals surface area (Å²) in [5.74, 6) is 0.776. The molecule has 0 aliphatic carbocycles. The van der Waals surface area contributed by atoms with E-state index < -0.39 is 4.92 Å². The summed E-state index contributed by atoms with van der Waals surface area (Å²) in [6, 6.07) is 7.21. The van der Waals surface area contributed by atoms with Gasteiger partial charge in [-0.05, 0) is 36.6 Å². The van der Waals surface area contributed by atoms with Crippen molar-refractivity contribution in [1.29, 1.82) is 0 Å². The third-order valence-corrected chi connectivity index (χ3v) is 3.75. The van der Waals surface area contributed by atoms with E-state index in [1.165, 1.54) is 11.6 Å². The Hall–Kier alpha value is -2.76. The highest BCUT2D eigenvalue weighted by molar-refractivity contribution is 5.70. The predicted octanol–water partition coefficient (Wildman–Crippen LogP) is 2.99. The van der Waals surface area contributed by atoms with Crippen LogP contribution in [0.15, 0.2) is 42.7 Å². The van der Waals surface area contributed by atoms with E-state index in [-0.39, 0.29) is 5.69 Å². The maximum absolute atomic E-state index is 10.9. The van der Waals surface area contributed by atoms with Gasteiger partial charge in [-0.3, -0.25) is 15.1 Å². The third-order valence-electron chi connectivity index (χ3n) is 3.75. The summed E-state index contributed by atoms with van der Waals surface area (Å²) >= 11 is 0. The summed E-state index contributed by atoms with van der Waals surface area (Å²) in [5, 5.41) is 10.9. The van der Waals surface area contributed by atoms with Crippen LogP contribution in [0.1, 0.15) is 17.7 Å². The lowest BCUT2D eigenvalue weighted by Crippen LogP contribution is -2.30. The molecule has 2 aromatic rings. The molecule has 0 spiro atoms. The average Bonchev–Trinajstić information content (AvgIpc) is 2.55. The van der Waals surface area contributed by atoms with Gasteiger partial charge in [-0.2, -0.15) is 0 Å². The molecule has 6 heteroatoms. The van der Waals surface area contributed by atoms with Gasteiger partial charge in [-0.15, -0.1) is 0 Å². The van der Waals surface area contributed by atoms with E-state index >= 15 is 0 Å². The first-order valence-electron chi connectivity index (χ1n) is 7.11. The van der Waals surface area contributed by atoms with Gasteiger partial charge < -0.3 is 4.90 Å². The third kappa shape index (κ3) is 2.81. The number of hydrogen-bond acceptors (Lipinski definition) is 5. The molecule has 0 amide bonds. The van der Waals surface area contributed by atoms with Crippen LogP contribution in [-0.4, -0.2) is 28.0 Å². The molecule has 0 unspecified atom stereocenters. The molecule has 1 aliphatic heterocycles. The molecule has 0 bridgehead atoms. The average molecular weight is 296 g/mol. The molecule has 0 fully saturated rings. The van der Waals surface area contributed by atoms with Crippen LogP contribution in [0.3, 0.4) is 0 Å². The van der Waals surface area contributed by atoms with Crippen molar-refractivity contribution in [3.8, 4) is 0 Å². The lowest BCUT2D eigenvalue weighted by Gasteiger charge is -2.28. The van der Waals surface area contributed by atoms with Gasteiger partial charge in [-0.25, -0.2) is 4.98 Å². The van der Waals surface area contributed by atoms with Crippen LogP contribution < -0.4 is 4.90 Å². The molecule has 1 aliphatic rings. The highest BCUT2D eigenvalue weighted by atomic mass is 16.6. The van der Waals surface area contributed by atoms with Gasteiger partial charge in [0.25, 0.3) is 5.69 Å². The minimum atomic E-state index is -0.400. The van der Waals surface area contributed by atoms with Crippen LogP contribution in [0, 0.1) is 17.0 Å². The topological polar surface area (TPSA) is 72.2 Å². The second-order valence-electron chi connectivity index (χ2n) is 5.21. The Kier molecular flexibility index (Phi) is 3.82. The van der Waals surface area contributed by atoms with E-state index in [1.807, 2.05) is 18.3 Å². The van der Waals surface area contributed by atoms with E-state index in [4.69, 9.17) is 0 Å². The Labute approximate surface area is 128 Å². The highest BCUT2D eigenvalue weighted by Gasteiger charge is 2.18. The fourth-order valence-electron chi connectivity index (χ4n) is 2.61. The number of pyridine rings is 2. The van der Waals surface area contributed by atoms with Gasteiger partial charge in [0.05, 0.1) is 4.92 Å². The van der Waals surface area contributed by atoms with Crippen molar-refractivity contribution in [1.82, 2.24) is 9.97 Å². The molecule has 3 heterocycles. The van der Waals surface area contributed by atoms with Crippen molar-refractivity contribution in [3.05, 3.63) is 64.1 Å². The molecule has 0 saturated carbocycles. The lowest BCUT2D eigenvalue weighted by atomic mass is 10.0. The molecule has 0 N–H and O–H groups in total. The van der Waals surface area contributed by atoms with Gasteiger partial charge in [0.1, 0.15) is 11.5 Å². The lowest BCUT2D eigenvalue weighted by molar-refractivity contribution is -0.385. The second kappa shape index (κ2) is 5.93. The molecular weight excluding hydrogens is 280 g/mol.